The van der Waals surface area contributed by atoms with Crippen molar-refractivity contribution in [3.63, 3.8) is 0 Å². The maximum Gasteiger partial charge on any atom is 0.354 e. The molecule has 0 bridgehead atoms. The summed E-state index contributed by atoms with van der Waals surface area (Å²) >= 11 is 5.97. The minimum atomic E-state index is -1.15. The first-order valence-electron chi connectivity index (χ1n) is 5.14. The van der Waals surface area contributed by atoms with Crippen molar-refractivity contribution in [2.24, 2.45) is 5.16 Å². The Morgan fingerprint density at radius 3 is 3.05 bits per heavy atom. The molecule has 0 aliphatic carbocycles. The number of aromatic carboxylic acids is 1. The van der Waals surface area contributed by atoms with Gasteiger partial charge in [-0.15, -0.1) is 0 Å². The van der Waals surface area contributed by atoms with E-state index in [1.165, 1.54) is 25.6 Å². The van der Waals surface area contributed by atoms with Crippen molar-refractivity contribution < 1.29 is 14.7 Å². The van der Waals surface area contributed by atoms with Gasteiger partial charge in [-0.25, -0.2) is 14.5 Å². The Hall–Kier alpha value is -2.41. The van der Waals surface area contributed by atoms with Gasteiger partial charge in [0.05, 0.1) is 11.2 Å². The van der Waals surface area contributed by atoms with Gasteiger partial charge < -0.3 is 9.94 Å². The van der Waals surface area contributed by atoms with Crippen molar-refractivity contribution in [2.75, 3.05) is 7.11 Å². The molecule has 2 heterocycles. The fourth-order valence-electron chi connectivity index (χ4n) is 1.42. The minimum Gasteiger partial charge on any atom is -0.477 e. The number of oxime groups is 1. The Labute approximate surface area is 113 Å². The lowest BCUT2D eigenvalue weighted by molar-refractivity contribution is 0.0687. The van der Waals surface area contributed by atoms with Crippen LogP contribution in [-0.2, 0) is 4.84 Å². The minimum absolute atomic E-state index is 0.0712. The highest BCUT2D eigenvalue weighted by molar-refractivity contribution is 6.32. The summed E-state index contributed by atoms with van der Waals surface area (Å²) in [6.07, 6.45) is 2.79. The molecule has 98 valence electrons. The van der Waals surface area contributed by atoms with E-state index in [9.17, 15) is 4.79 Å². The van der Waals surface area contributed by atoms with Gasteiger partial charge in [-0.05, 0) is 12.1 Å². The molecule has 0 amide bonds. The first kappa shape index (κ1) is 13.0. The van der Waals surface area contributed by atoms with Crippen molar-refractivity contribution in [1.82, 2.24) is 14.8 Å². The summed E-state index contributed by atoms with van der Waals surface area (Å²) in [5.41, 5.74) is 0.249. The van der Waals surface area contributed by atoms with Crippen LogP contribution in [0.25, 0.3) is 5.82 Å². The molecule has 0 aliphatic heterocycles. The number of hydrogen-bond acceptors (Lipinski definition) is 5. The monoisotopic (exact) mass is 280 g/mol. The lowest BCUT2D eigenvalue weighted by atomic mass is 10.3. The molecule has 1 N–H and O–H groups in total. The number of halogens is 1. The normalized spacial score (nSPS) is 10.8. The van der Waals surface area contributed by atoms with Crippen LogP contribution in [0.4, 0.5) is 0 Å². The Morgan fingerprint density at radius 2 is 2.42 bits per heavy atom. The van der Waals surface area contributed by atoms with Crippen LogP contribution in [0, 0.1) is 0 Å². The highest BCUT2D eigenvalue weighted by atomic mass is 35.5. The number of nitrogens with zero attached hydrogens (tertiary/aromatic N) is 4. The Bertz CT molecular complexity index is 639. The molecule has 0 fully saturated rings. The van der Waals surface area contributed by atoms with Gasteiger partial charge in [0.1, 0.15) is 12.8 Å². The average Bonchev–Trinajstić information content (AvgIpc) is 2.81. The zero-order chi connectivity index (χ0) is 13.8. The molecule has 2 rings (SSSR count). The predicted molar refractivity (Wildman–Crippen MR) is 67.9 cm³/mol. The molecule has 0 saturated heterocycles. The fraction of sp³-hybridized carbons (Fsp3) is 0.0909. The molecule has 2 aromatic rings. The summed E-state index contributed by atoms with van der Waals surface area (Å²) in [5.74, 6) is -0.912. The molecule has 0 saturated carbocycles. The standard InChI is InChI=1S/C11H9ClN4O3/c1-19-14-6-7-5-9(11(17)18)16(15-7)10-8(12)3-2-4-13-10/h2-6H,1H3,(H,17,18)/b14-6+. The lowest BCUT2D eigenvalue weighted by Gasteiger charge is -2.04. The molecule has 2 aromatic heterocycles. The number of carbonyl (C=O) groups is 1. The third kappa shape index (κ3) is 2.71. The van der Waals surface area contributed by atoms with Gasteiger partial charge in [0.2, 0.25) is 0 Å². The number of hydrogen-bond donors (Lipinski definition) is 1. The summed E-state index contributed by atoms with van der Waals surface area (Å²) in [6, 6.07) is 4.58. The Balaban J connectivity index is 2.55. The summed E-state index contributed by atoms with van der Waals surface area (Å²) in [7, 11) is 1.38. The molecule has 0 radical (unpaired) electrons. The smallest absolute Gasteiger partial charge is 0.354 e. The van der Waals surface area contributed by atoms with Crippen LogP contribution in [0.1, 0.15) is 16.2 Å². The van der Waals surface area contributed by atoms with E-state index in [-0.39, 0.29) is 11.5 Å². The van der Waals surface area contributed by atoms with Gasteiger partial charge in [0, 0.05) is 12.3 Å². The zero-order valence-electron chi connectivity index (χ0n) is 9.82. The van der Waals surface area contributed by atoms with Crippen LogP contribution in [0.2, 0.25) is 5.02 Å². The van der Waals surface area contributed by atoms with Crippen LogP contribution in [0.3, 0.4) is 0 Å². The van der Waals surface area contributed by atoms with E-state index in [2.05, 4.69) is 20.1 Å². The highest BCUT2D eigenvalue weighted by Crippen LogP contribution is 2.18. The average molecular weight is 281 g/mol. The third-order valence-corrected chi connectivity index (χ3v) is 2.47. The van der Waals surface area contributed by atoms with E-state index < -0.39 is 5.97 Å². The van der Waals surface area contributed by atoms with Crippen LogP contribution < -0.4 is 0 Å². The van der Waals surface area contributed by atoms with E-state index >= 15 is 0 Å². The fourth-order valence-corrected chi connectivity index (χ4v) is 1.62. The zero-order valence-corrected chi connectivity index (χ0v) is 10.6. The predicted octanol–water partition coefficient (Wildman–Crippen LogP) is 1.60. The van der Waals surface area contributed by atoms with E-state index in [1.54, 1.807) is 12.1 Å². The van der Waals surface area contributed by atoms with Crippen LogP contribution in [0.5, 0.6) is 0 Å². The molecule has 0 aliphatic rings. The van der Waals surface area contributed by atoms with E-state index in [4.69, 9.17) is 16.7 Å². The molecule has 8 heteroatoms. The van der Waals surface area contributed by atoms with Crippen LogP contribution >= 0.6 is 11.6 Å². The summed E-state index contributed by atoms with van der Waals surface area (Å²) < 4.78 is 1.14. The molecule has 0 unspecified atom stereocenters. The maximum atomic E-state index is 11.2. The lowest BCUT2D eigenvalue weighted by Crippen LogP contribution is -2.09. The number of rotatable bonds is 4. The number of carboxylic acid groups (broad SMARTS) is 1. The van der Waals surface area contributed by atoms with Crippen molar-refractivity contribution in [3.05, 3.63) is 40.8 Å². The van der Waals surface area contributed by atoms with Gasteiger partial charge in [-0.2, -0.15) is 5.10 Å². The number of carboxylic acids is 1. The number of aromatic nitrogens is 3. The van der Waals surface area contributed by atoms with Crippen LogP contribution in [-0.4, -0.2) is 39.2 Å². The van der Waals surface area contributed by atoms with E-state index in [1.807, 2.05) is 0 Å². The van der Waals surface area contributed by atoms with Gasteiger partial charge in [-0.1, -0.05) is 16.8 Å². The topological polar surface area (TPSA) is 89.6 Å². The van der Waals surface area contributed by atoms with Gasteiger partial charge >= 0.3 is 5.97 Å². The van der Waals surface area contributed by atoms with E-state index in [0.29, 0.717) is 10.7 Å². The molecular weight excluding hydrogens is 272 g/mol. The van der Waals surface area contributed by atoms with Crippen molar-refractivity contribution >= 4 is 23.8 Å². The Kier molecular flexibility index (Phi) is 3.76. The van der Waals surface area contributed by atoms with Crippen molar-refractivity contribution in [1.29, 1.82) is 0 Å². The molecule has 0 atom stereocenters. The molecular formula is C11H9ClN4O3. The number of pyridine rings is 1. The van der Waals surface area contributed by atoms with Gasteiger partial charge in [0.15, 0.2) is 11.5 Å². The molecule has 7 nitrogen and oxygen atoms in total. The second kappa shape index (κ2) is 5.49. The maximum absolute atomic E-state index is 11.2. The van der Waals surface area contributed by atoms with Crippen LogP contribution in [0.15, 0.2) is 29.6 Å². The third-order valence-electron chi connectivity index (χ3n) is 2.18. The summed E-state index contributed by atoms with van der Waals surface area (Å²) in [5, 5.41) is 17.0. The second-order valence-corrected chi connectivity index (χ2v) is 3.80. The van der Waals surface area contributed by atoms with Crippen molar-refractivity contribution in [3.8, 4) is 5.82 Å². The molecule has 0 spiro atoms. The quantitative estimate of drug-likeness (QED) is 0.678. The first-order chi connectivity index (χ1) is 9.13. The SMILES string of the molecule is CO/N=C/c1cc(C(=O)O)n(-c2ncccc2Cl)n1. The van der Waals surface area contributed by atoms with E-state index in [0.717, 1.165) is 4.68 Å². The summed E-state index contributed by atoms with van der Waals surface area (Å²) in [4.78, 5) is 19.7. The molecule has 19 heavy (non-hydrogen) atoms. The van der Waals surface area contributed by atoms with Gasteiger partial charge in [0.25, 0.3) is 0 Å². The second-order valence-electron chi connectivity index (χ2n) is 3.40. The first-order valence-corrected chi connectivity index (χ1v) is 5.52. The largest absolute Gasteiger partial charge is 0.477 e. The Morgan fingerprint density at radius 1 is 1.63 bits per heavy atom. The summed E-state index contributed by atoms with van der Waals surface area (Å²) in [6.45, 7) is 0. The van der Waals surface area contributed by atoms with Gasteiger partial charge in [-0.3, -0.25) is 0 Å². The highest BCUT2D eigenvalue weighted by Gasteiger charge is 2.17. The van der Waals surface area contributed by atoms with Crippen molar-refractivity contribution in [2.45, 2.75) is 0 Å². The molecule has 0 aromatic carbocycles.